The third-order valence-electron chi connectivity index (χ3n) is 2.85. The van der Waals surface area contributed by atoms with Gasteiger partial charge < -0.3 is 5.32 Å². The van der Waals surface area contributed by atoms with Gasteiger partial charge in [0, 0.05) is 6.04 Å². The zero-order valence-corrected chi connectivity index (χ0v) is 11.9. The molecule has 0 aliphatic carbocycles. The second-order valence-electron chi connectivity index (χ2n) is 3.90. The number of halogens is 1. The van der Waals surface area contributed by atoms with Gasteiger partial charge in [-0.15, -0.1) is 23.7 Å². The van der Waals surface area contributed by atoms with Crippen LogP contribution in [0.15, 0.2) is 29.8 Å². The first-order valence-electron chi connectivity index (χ1n) is 5.40. The molecule has 0 unspecified atom stereocenters. The summed E-state index contributed by atoms with van der Waals surface area (Å²) < 4.78 is 0. The van der Waals surface area contributed by atoms with Crippen LogP contribution in [-0.2, 0) is 0 Å². The second-order valence-corrected chi connectivity index (χ2v) is 4.75. The van der Waals surface area contributed by atoms with Crippen molar-refractivity contribution in [2.24, 2.45) is 0 Å². The molecular weight excluding hydrogens is 252 g/mol. The van der Waals surface area contributed by atoms with Crippen LogP contribution in [0.1, 0.15) is 24.2 Å². The lowest BCUT2D eigenvalue weighted by molar-refractivity contribution is 0.652. The van der Waals surface area contributed by atoms with Gasteiger partial charge in [0.25, 0.3) is 0 Å². The van der Waals surface area contributed by atoms with Crippen LogP contribution in [0.25, 0.3) is 10.4 Å². The van der Waals surface area contributed by atoms with E-state index in [0.29, 0.717) is 6.04 Å². The third-order valence-corrected chi connectivity index (χ3v) is 3.83. The van der Waals surface area contributed by atoms with Gasteiger partial charge >= 0.3 is 0 Å². The van der Waals surface area contributed by atoms with Crippen molar-refractivity contribution in [2.45, 2.75) is 19.9 Å². The van der Waals surface area contributed by atoms with Crippen LogP contribution in [0.4, 0.5) is 0 Å². The SMILES string of the molecule is CN[C@@H](C)c1ccc(-c2scnc2C)cc1.Cl. The van der Waals surface area contributed by atoms with Crippen LogP contribution in [0.3, 0.4) is 0 Å². The largest absolute Gasteiger partial charge is 0.313 e. The van der Waals surface area contributed by atoms with Crippen LogP contribution in [0.5, 0.6) is 0 Å². The Balaban J connectivity index is 0.00000144. The number of nitrogens with one attached hydrogen (secondary N) is 1. The first-order valence-corrected chi connectivity index (χ1v) is 6.28. The van der Waals surface area contributed by atoms with Crippen molar-refractivity contribution in [1.29, 1.82) is 0 Å². The molecule has 0 saturated carbocycles. The van der Waals surface area contributed by atoms with Crippen molar-refractivity contribution < 1.29 is 0 Å². The smallest absolute Gasteiger partial charge is 0.0801 e. The van der Waals surface area contributed by atoms with Gasteiger partial charge in [-0.05, 0) is 32.0 Å². The number of thiazole rings is 1. The zero-order chi connectivity index (χ0) is 11.5. The third kappa shape index (κ3) is 3.06. The Morgan fingerprint density at radius 1 is 1.24 bits per heavy atom. The average Bonchev–Trinajstić information content (AvgIpc) is 2.75. The molecule has 4 heteroatoms. The number of aryl methyl sites for hydroxylation is 1. The highest BCUT2D eigenvalue weighted by atomic mass is 35.5. The van der Waals surface area contributed by atoms with E-state index >= 15 is 0 Å². The predicted molar refractivity (Wildman–Crippen MR) is 77.0 cm³/mol. The van der Waals surface area contributed by atoms with E-state index in [9.17, 15) is 0 Å². The van der Waals surface area contributed by atoms with Crippen molar-refractivity contribution in [3.8, 4) is 10.4 Å². The molecule has 0 spiro atoms. The molecule has 1 heterocycles. The minimum atomic E-state index is 0. The first-order chi connectivity index (χ1) is 7.72. The van der Waals surface area contributed by atoms with Gasteiger partial charge in [-0.25, -0.2) is 4.98 Å². The van der Waals surface area contributed by atoms with Gasteiger partial charge in [-0.3, -0.25) is 0 Å². The number of hydrogen-bond acceptors (Lipinski definition) is 3. The molecule has 1 N–H and O–H groups in total. The number of benzene rings is 1. The Morgan fingerprint density at radius 3 is 2.35 bits per heavy atom. The zero-order valence-electron chi connectivity index (χ0n) is 10.2. The van der Waals surface area contributed by atoms with E-state index in [-0.39, 0.29) is 12.4 Å². The van der Waals surface area contributed by atoms with Crippen LogP contribution >= 0.6 is 23.7 Å². The molecule has 0 amide bonds. The minimum absolute atomic E-state index is 0. The molecule has 0 aliphatic heterocycles. The highest BCUT2D eigenvalue weighted by Gasteiger charge is 2.06. The van der Waals surface area contributed by atoms with Crippen molar-refractivity contribution in [2.75, 3.05) is 7.05 Å². The maximum Gasteiger partial charge on any atom is 0.0801 e. The maximum absolute atomic E-state index is 4.27. The summed E-state index contributed by atoms with van der Waals surface area (Å²) in [5.74, 6) is 0. The topological polar surface area (TPSA) is 24.9 Å². The summed E-state index contributed by atoms with van der Waals surface area (Å²) in [5.41, 5.74) is 5.58. The van der Waals surface area contributed by atoms with E-state index in [0.717, 1.165) is 5.69 Å². The fraction of sp³-hybridized carbons (Fsp3) is 0.308. The molecule has 92 valence electrons. The van der Waals surface area contributed by atoms with Crippen LogP contribution in [-0.4, -0.2) is 12.0 Å². The molecule has 1 aromatic carbocycles. The number of aromatic nitrogens is 1. The van der Waals surface area contributed by atoms with Gasteiger partial charge in [0.05, 0.1) is 16.1 Å². The monoisotopic (exact) mass is 268 g/mol. The van der Waals surface area contributed by atoms with E-state index in [1.54, 1.807) is 11.3 Å². The Morgan fingerprint density at radius 2 is 1.88 bits per heavy atom. The van der Waals surface area contributed by atoms with Gasteiger partial charge in [-0.2, -0.15) is 0 Å². The van der Waals surface area contributed by atoms with E-state index in [1.165, 1.54) is 16.0 Å². The molecule has 17 heavy (non-hydrogen) atoms. The van der Waals surface area contributed by atoms with E-state index in [2.05, 4.69) is 48.4 Å². The number of hydrogen-bond donors (Lipinski definition) is 1. The molecule has 0 aliphatic rings. The van der Waals surface area contributed by atoms with Crippen LogP contribution in [0, 0.1) is 6.92 Å². The molecule has 1 aromatic heterocycles. The Bertz CT molecular complexity index is 465. The normalized spacial score (nSPS) is 11.9. The Hall–Kier alpha value is -0.900. The molecule has 2 nitrogen and oxygen atoms in total. The lowest BCUT2D eigenvalue weighted by atomic mass is 10.1. The standard InChI is InChI=1S/C13H16N2S.ClH/c1-9(14-3)11-4-6-12(7-5-11)13-10(2)15-8-16-13;/h4-9,14H,1-3H3;1H/t9-;/m0./s1. The molecule has 2 aromatic rings. The van der Waals surface area contributed by atoms with E-state index in [1.807, 2.05) is 12.6 Å². The maximum atomic E-state index is 4.27. The van der Waals surface area contributed by atoms with Crippen LogP contribution < -0.4 is 5.32 Å². The summed E-state index contributed by atoms with van der Waals surface area (Å²) in [6, 6.07) is 9.09. The quantitative estimate of drug-likeness (QED) is 0.915. The summed E-state index contributed by atoms with van der Waals surface area (Å²) in [4.78, 5) is 5.54. The van der Waals surface area contributed by atoms with Crippen molar-refractivity contribution in [3.63, 3.8) is 0 Å². The molecule has 0 radical (unpaired) electrons. The Kier molecular flexibility index (Phi) is 5.12. The van der Waals surface area contributed by atoms with Gasteiger partial charge in [0.15, 0.2) is 0 Å². The molecule has 0 saturated heterocycles. The minimum Gasteiger partial charge on any atom is -0.313 e. The summed E-state index contributed by atoms with van der Waals surface area (Å²) in [7, 11) is 1.98. The Labute approximate surface area is 113 Å². The van der Waals surface area contributed by atoms with Gasteiger partial charge in [0.1, 0.15) is 0 Å². The highest BCUT2D eigenvalue weighted by Crippen LogP contribution is 2.27. The number of rotatable bonds is 3. The fourth-order valence-corrected chi connectivity index (χ4v) is 2.48. The average molecular weight is 269 g/mol. The lowest BCUT2D eigenvalue weighted by Crippen LogP contribution is -2.11. The highest BCUT2D eigenvalue weighted by molar-refractivity contribution is 7.13. The molecule has 2 rings (SSSR count). The molecule has 0 bridgehead atoms. The molecule has 0 fully saturated rings. The van der Waals surface area contributed by atoms with E-state index < -0.39 is 0 Å². The van der Waals surface area contributed by atoms with Crippen molar-refractivity contribution >= 4 is 23.7 Å². The summed E-state index contributed by atoms with van der Waals surface area (Å²) >= 11 is 1.70. The summed E-state index contributed by atoms with van der Waals surface area (Å²) in [5, 5.41) is 3.24. The van der Waals surface area contributed by atoms with Crippen molar-refractivity contribution in [1.82, 2.24) is 10.3 Å². The van der Waals surface area contributed by atoms with Crippen LogP contribution in [0.2, 0.25) is 0 Å². The fourth-order valence-electron chi connectivity index (χ4n) is 1.67. The van der Waals surface area contributed by atoms with Crippen molar-refractivity contribution in [3.05, 3.63) is 41.0 Å². The van der Waals surface area contributed by atoms with Gasteiger partial charge in [-0.1, -0.05) is 24.3 Å². The molecule has 1 atom stereocenters. The lowest BCUT2D eigenvalue weighted by Gasteiger charge is -2.10. The van der Waals surface area contributed by atoms with Gasteiger partial charge in [0.2, 0.25) is 0 Å². The predicted octanol–water partition coefficient (Wildman–Crippen LogP) is 3.82. The molecular formula is C13H17ClN2S. The number of nitrogens with zero attached hydrogens (tertiary/aromatic N) is 1. The first kappa shape index (κ1) is 14.2. The second kappa shape index (κ2) is 6.15. The van der Waals surface area contributed by atoms with E-state index in [4.69, 9.17) is 0 Å². The summed E-state index contributed by atoms with van der Waals surface area (Å²) in [6.07, 6.45) is 0. The summed E-state index contributed by atoms with van der Waals surface area (Å²) in [6.45, 7) is 4.21.